The molecule has 0 bridgehead atoms. The summed E-state index contributed by atoms with van der Waals surface area (Å²) in [4.78, 5) is 16.6. The second-order valence-electron chi connectivity index (χ2n) is 4.99. The van der Waals surface area contributed by atoms with E-state index >= 15 is 0 Å². The summed E-state index contributed by atoms with van der Waals surface area (Å²) in [6.45, 7) is 1.53. The van der Waals surface area contributed by atoms with Crippen molar-refractivity contribution in [3.05, 3.63) is 48.6 Å². The molecule has 0 saturated carbocycles. The van der Waals surface area contributed by atoms with E-state index < -0.39 is 5.97 Å². The number of pyridine rings is 1. The molecule has 3 heterocycles. The summed E-state index contributed by atoms with van der Waals surface area (Å²) in [5.74, 6) is -0.780. The van der Waals surface area contributed by atoms with E-state index in [0.717, 1.165) is 24.2 Å². The lowest BCUT2D eigenvalue weighted by Crippen LogP contribution is -2.33. The van der Waals surface area contributed by atoms with E-state index in [-0.39, 0.29) is 6.54 Å². The van der Waals surface area contributed by atoms with E-state index in [2.05, 4.69) is 16.2 Å². The van der Waals surface area contributed by atoms with Gasteiger partial charge in [-0.1, -0.05) is 6.08 Å². The van der Waals surface area contributed by atoms with Crippen LogP contribution in [0.25, 0.3) is 11.3 Å². The number of aliphatic carboxylic acids is 1. The quantitative estimate of drug-likeness (QED) is 0.920. The molecule has 108 valence electrons. The van der Waals surface area contributed by atoms with Crippen molar-refractivity contribution in [1.29, 1.82) is 0 Å². The predicted molar refractivity (Wildman–Crippen MR) is 78.0 cm³/mol. The van der Waals surface area contributed by atoms with Crippen molar-refractivity contribution in [2.75, 3.05) is 19.6 Å². The maximum atomic E-state index is 10.7. The second kappa shape index (κ2) is 5.88. The smallest absolute Gasteiger partial charge is 0.317 e. The molecular formula is C15H16N4O2. The van der Waals surface area contributed by atoms with E-state index in [4.69, 9.17) is 5.11 Å². The molecule has 3 rings (SSSR count). The van der Waals surface area contributed by atoms with Crippen molar-refractivity contribution in [3.63, 3.8) is 0 Å². The van der Waals surface area contributed by atoms with E-state index in [0.29, 0.717) is 6.54 Å². The summed E-state index contributed by atoms with van der Waals surface area (Å²) in [5.41, 5.74) is 3.28. The number of aromatic nitrogens is 3. The Bertz CT molecular complexity index is 663. The lowest BCUT2D eigenvalue weighted by molar-refractivity contribution is -0.138. The van der Waals surface area contributed by atoms with Gasteiger partial charge in [0.15, 0.2) is 0 Å². The molecule has 2 aromatic heterocycles. The Morgan fingerprint density at radius 3 is 2.81 bits per heavy atom. The van der Waals surface area contributed by atoms with Gasteiger partial charge in [-0.25, -0.2) is 4.68 Å². The average molecular weight is 284 g/mol. The van der Waals surface area contributed by atoms with Gasteiger partial charge < -0.3 is 5.11 Å². The third-order valence-corrected chi connectivity index (χ3v) is 3.53. The van der Waals surface area contributed by atoms with Gasteiger partial charge in [-0.15, -0.1) is 0 Å². The lowest BCUT2D eigenvalue weighted by Gasteiger charge is -2.24. The molecule has 0 aliphatic carbocycles. The van der Waals surface area contributed by atoms with Gasteiger partial charge in [-0.05, 0) is 24.1 Å². The Morgan fingerprint density at radius 1 is 1.33 bits per heavy atom. The van der Waals surface area contributed by atoms with Gasteiger partial charge in [-0.2, -0.15) is 5.10 Å². The first-order valence-electron chi connectivity index (χ1n) is 6.81. The Hall–Kier alpha value is -2.47. The van der Waals surface area contributed by atoms with Crippen LogP contribution in [0.15, 0.2) is 43.0 Å². The fourth-order valence-corrected chi connectivity index (χ4v) is 2.43. The molecule has 6 nitrogen and oxygen atoms in total. The van der Waals surface area contributed by atoms with Crippen molar-refractivity contribution in [1.82, 2.24) is 19.7 Å². The zero-order chi connectivity index (χ0) is 14.7. The molecule has 0 amide bonds. The van der Waals surface area contributed by atoms with Crippen LogP contribution in [-0.4, -0.2) is 50.4 Å². The molecule has 0 atom stereocenters. The van der Waals surface area contributed by atoms with Gasteiger partial charge in [0.2, 0.25) is 0 Å². The van der Waals surface area contributed by atoms with E-state index in [9.17, 15) is 4.79 Å². The molecule has 2 aromatic rings. The van der Waals surface area contributed by atoms with Crippen LogP contribution in [0.5, 0.6) is 0 Å². The maximum absolute atomic E-state index is 10.7. The van der Waals surface area contributed by atoms with Gasteiger partial charge in [-0.3, -0.25) is 14.7 Å². The van der Waals surface area contributed by atoms with Crippen LogP contribution >= 0.6 is 0 Å². The van der Waals surface area contributed by atoms with Crippen LogP contribution in [0.2, 0.25) is 0 Å². The summed E-state index contributed by atoms with van der Waals surface area (Å²) in [7, 11) is 0. The first-order chi connectivity index (χ1) is 10.2. The van der Waals surface area contributed by atoms with Gasteiger partial charge >= 0.3 is 5.97 Å². The molecule has 0 fully saturated rings. The molecule has 0 saturated heterocycles. The fraction of sp³-hybridized carbons (Fsp3) is 0.267. The van der Waals surface area contributed by atoms with Gasteiger partial charge in [0.05, 0.1) is 18.4 Å². The Balaban J connectivity index is 1.73. The third-order valence-electron chi connectivity index (χ3n) is 3.53. The Labute approximate surface area is 122 Å². The Morgan fingerprint density at radius 2 is 2.14 bits per heavy atom. The number of nitrogens with zero attached hydrogens (tertiary/aromatic N) is 4. The van der Waals surface area contributed by atoms with Crippen molar-refractivity contribution in [2.45, 2.75) is 6.42 Å². The van der Waals surface area contributed by atoms with Crippen LogP contribution in [0.4, 0.5) is 0 Å². The van der Waals surface area contributed by atoms with Crippen LogP contribution in [-0.2, 0) is 4.79 Å². The number of hydrogen-bond donors (Lipinski definition) is 1. The highest BCUT2D eigenvalue weighted by molar-refractivity contribution is 5.70. The first-order valence-corrected chi connectivity index (χ1v) is 6.81. The minimum atomic E-state index is -0.780. The first kappa shape index (κ1) is 13.5. The number of carbonyl (C=O) groups is 1. The standard InChI is InChI=1S/C15H16N4O2/c20-15(21)11-18-7-3-12(4-8-18)13-9-17-19(10-13)14-1-5-16-6-2-14/h1-3,5-6,9-10H,4,7-8,11H2,(H,20,21). The highest BCUT2D eigenvalue weighted by Crippen LogP contribution is 2.22. The predicted octanol–water partition coefficient (Wildman–Crippen LogP) is 1.44. The molecule has 0 radical (unpaired) electrons. The maximum Gasteiger partial charge on any atom is 0.317 e. The molecule has 21 heavy (non-hydrogen) atoms. The summed E-state index contributed by atoms with van der Waals surface area (Å²) in [5, 5.41) is 13.2. The lowest BCUT2D eigenvalue weighted by atomic mass is 10.0. The van der Waals surface area contributed by atoms with Crippen LogP contribution in [0, 0.1) is 0 Å². The van der Waals surface area contributed by atoms with Gasteiger partial charge in [0.25, 0.3) is 0 Å². The second-order valence-corrected chi connectivity index (χ2v) is 4.99. The van der Waals surface area contributed by atoms with E-state index in [1.54, 1.807) is 12.4 Å². The third kappa shape index (κ3) is 3.17. The highest BCUT2D eigenvalue weighted by atomic mass is 16.4. The molecular weight excluding hydrogens is 268 g/mol. The largest absolute Gasteiger partial charge is 0.480 e. The number of hydrogen-bond acceptors (Lipinski definition) is 4. The summed E-state index contributed by atoms with van der Waals surface area (Å²) in [6.07, 6.45) is 10.2. The highest BCUT2D eigenvalue weighted by Gasteiger charge is 2.16. The zero-order valence-corrected chi connectivity index (χ0v) is 11.5. The van der Waals surface area contributed by atoms with Crippen molar-refractivity contribution < 1.29 is 9.90 Å². The van der Waals surface area contributed by atoms with E-state index in [1.165, 1.54) is 5.57 Å². The van der Waals surface area contributed by atoms with Crippen molar-refractivity contribution in [3.8, 4) is 5.69 Å². The minimum absolute atomic E-state index is 0.0973. The van der Waals surface area contributed by atoms with Crippen molar-refractivity contribution >= 4 is 11.5 Å². The normalized spacial score (nSPS) is 15.7. The topological polar surface area (TPSA) is 71.2 Å². The SMILES string of the molecule is O=C(O)CN1CC=C(c2cnn(-c3ccncc3)c2)CC1. The zero-order valence-electron chi connectivity index (χ0n) is 11.5. The summed E-state index contributed by atoms with van der Waals surface area (Å²) >= 11 is 0. The molecule has 1 aliphatic rings. The molecule has 1 N–H and O–H groups in total. The molecule has 1 aliphatic heterocycles. The summed E-state index contributed by atoms with van der Waals surface area (Å²) in [6, 6.07) is 3.81. The minimum Gasteiger partial charge on any atom is -0.480 e. The van der Waals surface area contributed by atoms with Crippen LogP contribution in [0.1, 0.15) is 12.0 Å². The van der Waals surface area contributed by atoms with Gasteiger partial charge in [0, 0.05) is 37.2 Å². The molecule has 6 heteroatoms. The monoisotopic (exact) mass is 284 g/mol. The van der Waals surface area contributed by atoms with Crippen LogP contribution in [0.3, 0.4) is 0 Å². The summed E-state index contributed by atoms with van der Waals surface area (Å²) < 4.78 is 1.82. The number of rotatable bonds is 4. The Kier molecular flexibility index (Phi) is 3.79. The fourth-order valence-electron chi connectivity index (χ4n) is 2.43. The van der Waals surface area contributed by atoms with Gasteiger partial charge in [0.1, 0.15) is 0 Å². The molecule has 0 aromatic carbocycles. The molecule has 0 unspecified atom stereocenters. The van der Waals surface area contributed by atoms with Crippen molar-refractivity contribution in [2.24, 2.45) is 0 Å². The number of carboxylic acid groups (broad SMARTS) is 1. The number of carboxylic acids is 1. The molecule has 0 spiro atoms. The average Bonchev–Trinajstić information content (AvgIpc) is 2.98. The van der Waals surface area contributed by atoms with E-state index in [1.807, 2.05) is 34.1 Å². The van der Waals surface area contributed by atoms with Crippen LogP contribution < -0.4 is 0 Å².